The van der Waals surface area contributed by atoms with Crippen molar-refractivity contribution in [3.63, 3.8) is 0 Å². The molecule has 1 aromatic rings. The predicted octanol–water partition coefficient (Wildman–Crippen LogP) is 6.25. The fourth-order valence-electron chi connectivity index (χ4n) is 4.57. The lowest BCUT2D eigenvalue weighted by molar-refractivity contribution is -0.203. The van der Waals surface area contributed by atoms with Crippen LogP contribution in [-0.2, 0) is 25.5 Å². The van der Waals surface area contributed by atoms with Gasteiger partial charge in [0.15, 0.2) is 0 Å². The van der Waals surface area contributed by atoms with Gasteiger partial charge in [0, 0.05) is 39.5 Å². The third-order valence-electron chi connectivity index (χ3n) is 6.87. The number of hydrogen-bond donors (Lipinski definition) is 0. The van der Waals surface area contributed by atoms with Gasteiger partial charge < -0.3 is 23.7 Å². The van der Waals surface area contributed by atoms with E-state index in [1.807, 2.05) is 12.1 Å². The van der Waals surface area contributed by atoms with Gasteiger partial charge in [-0.1, -0.05) is 65.5 Å². The van der Waals surface area contributed by atoms with E-state index in [9.17, 15) is 0 Å². The summed E-state index contributed by atoms with van der Waals surface area (Å²) in [5.41, 5.74) is 1.25. The number of piperidine rings is 1. The summed E-state index contributed by atoms with van der Waals surface area (Å²) in [7, 11) is 1.71. The first-order chi connectivity index (χ1) is 17.7. The van der Waals surface area contributed by atoms with Crippen LogP contribution in [0.3, 0.4) is 0 Å². The molecule has 208 valence electrons. The topological polar surface area (TPSA) is 49.4 Å². The molecule has 36 heavy (non-hydrogen) atoms. The summed E-state index contributed by atoms with van der Waals surface area (Å²) in [6.45, 7) is 14.1. The quantitative estimate of drug-likeness (QED) is 0.194. The molecular weight excluding hydrogens is 454 g/mol. The summed E-state index contributed by atoms with van der Waals surface area (Å²) in [5, 5.41) is 0. The van der Waals surface area contributed by atoms with Crippen molar-refractivity contribution in [2.45, 2.75) is 110 Å². The molecule has 0 saturated carbocycles. The highest BCUT2D eigenvalue weighted by molar-refractivity contribution is 5.27. The molecule has 0 bridgehead atoms. The minimum absolute atomic E-state index is 0.0230. The summed E-state index contributed by atoms with van der Waals surface area (Å²) in [5.74, 6) is 0.878. The maximum atomic E-state index is 6.63. The molecule has 0 spiro atoms. The van der Waals surface area contributed by atoms with Gasteiger partial charge in [-0.3, -0.25) is 4.90 Å². The van der Waals surface area contributed by atoms with Crippen molar-refractivity contribution in [3.05, 3.63) is 29.8 Å². The Morgan fingerprint density at radius 1 is 0.722 bits per heavy atom. The van der Waals surface area contributed by atoms with Gasteiger partial charge in [0.05, 0.1) is 25.9 Å². The van der Waals surface area contributed by atoms with Crippen LogP contribution in [-0.4, -0.2) is 75.9 Å². The van der Waals surface area contributed by atoms with E-state index in [0.29, 0.717) is 6.61 Å². The number of rotatable bonds is 20. The number of likely N-dealkylation sites (tertiary alicyclic amines) is 1. The largest absolute Gasteiger partial charge is 0.497 e. The van der Waals surface area contributed by atoms with Crippen molar-refractivity contribution in [3.8, 4) is 5.75 Å². The number of ether oxygens (including phenoxy) is 5. The molecule has 4 unspecified atom stereocenters. The summed E-state index contributed by atoms with van der Waals surface area (Å²) in [6.07, 6.45) is 8.50. The Hall–Kier alpha value is -1.18. The minimum atomic E-state index is -0.0892. The molecule has 0 aliphatic carbocycles. The molecule has 1 aromatic carbocycles. The van der Waals surface area contributed by atoms with Gasteiger partial charge in [0.25, 0.3) is 0 Å². The van der Waals surface area contributed by atoms with Gasteiger partial charge in [-0.05, 0) is 43.4 Å². The fraction of sp³-hybridized carbons (Fsp3) is 0.800. The van der Waals surface area contributed by atoms with Gasteiger partial charge in [-0.25, -0.2) is 0 Å². The lowest BCUT2D eigenvalue weighted by atomic mass is 9.92. The number of nitrogens with zero attached hydrogens (tertiary/aromatic N) is 1. The molecule has 2 rings (SSSR count). The zero-order valence-electron chi connectivity index (χ0n) is 23.7. The second-order valence-corrected chi connectivity index (χ2v) is 9.91. The van der Waals surface area contributed by atoms with E-state index < -0.39 is 0 Å². The number of benzene rings is 1. The Morgan fingerprint density at radius 3 is 1.86 bits per heavy atom. The Morgan fingerprint density at radius 2 is 1.28 bits per heavy atom. The molecule has 0 amide bonds. The Bertz CT molecular complexity index is 655. The van der Waals surface area contributed by atoms with Crippen LogP contribution in [0.15, 0.2) is 24.3 Å². The molecule has 0 aromatic heterocycles. The monoisotopic (exact) mass is 507 g/mol. The van der Waals surface area contributed by atoms with E-state index >= 15 is 0 Å². The summed E-state index contributed by atoms with van der Waals surface area (Å²) < 4.78 is 31.3. The maximum Gasteiger partial charge on any atom is 0.118 e. The van der Waals surface area contributed by atoms with Crippen molar-refractivity contribution in [1.29, 1.82) is 0 Å². The molecule has 1 saturated heterocycles. The van der Waals surface area contributed by atoms with Crippen molar-refractivity contribution >= 4 is 0 Å². The van der Waals surface area contributed by atoms with Crippen LogP contribution in [0, 0.1) is 0 Å². The van der Waals surface area contributed by atoms with E-state index in [-0.39, 0.29) is 24.4 Å². The van der Waals surface area contributed by atoms with Crippen LogP contribution in [0.4, 0.5) is 0 Å². The Kier molecular flexibility index (Phi) is 16.4. The van der Waals surface area contributed by atoms with Gasteiger partial charge >= 0.3 is 0 Å². The molecule has 1 aliphatic rings. The molecule has 1 fully saturated rings. The molecule has 6 heteroatoms. The van der Waals surface area contributed by atoms with Crippen LogP contribution in [0.5, 0.6) is 5.75 Å². The lowest BCUT2D eigenvalue weighted by Crippen LogP contribution is -2.64. The normalized spacial score (nSPS) is 22.7. The number of hydrogen-bond acceptors (Lipinski definition) is 6. The van der Waals surface area contributed by atoms with Gasteiger partial charge in [0.2, 0.25) is 0 Å². The van der Waals surface area contributed by atoms with Crippen molar-refractivity contribution in [2.75, 3.05) is 46.7 Å². The zero-order valence-corrected chi connectivity index (χ0v) is 23.7. The van der Waals surface area contributed by atoms with Crippen molar-refractivity contribution in [1.82, 2.24) is 4.90 Å². The molecule has 0 N–H and O–H groups in total. The van der Waals surface area contributed by atoms with Crippen LogP contribution >= 0.6 is 0 Å². The molecular formula is C30H53NO5. The summed E-state index contributed by atoms with van der Waals surface area (Å²) in [4.78, 5) is 2.50. The summed E-state index contributed by atoms with van der Waals surface area (Å²) >= 11 is 0. The van der Waals surface area contributed by atoms with Crippen LogP contribution < -0.4 is 4.74 Å². The van der Waals surface area contributed by atoms with E-state index in [0.717, 1.165) is 96.6 Å². The SMILES string of the molecule is CCCCOCC1C(OCCCC)C(OCCCC)C(OCCCC)CN1Cc1ccc(OC)cc1. The molecule has 4 atom stereocenters. The maximum absolute atomic E-state index is 6.63. The van der Waals surface area contributed by atoms with E-state index in [4.69, 9.17) is 23.7 Å². The number of methoxy groups -OCH3 is 1. The lowest BCUT2D eigenvalue weighted by Gasteiger charge is -2.48. The fourth-order valence-corrected chi connectivity index (χ4v) is 4.57. The second-order valence-electron chi connectivity index (χ2n) is 9.91. The second kappa shape index (κ2) is 19.0. The van der Waals surface area contributed by atoms with Crippen molar-refractivity contribution in [2.24, 2.45) is 0 Å². The molecule has 1 heterocycles. The first kappa shape index (κ1) is 31.0. The Labute approximate surface area is 221 Å². The minimum Gasteiger partial charge on any atom is -0.497 e. The van der Waals surface area contributed by atoms with E-state index in [1.54, 1.807) is 7.11 Å². The third-order valence-corrected chi connectivity index (χ3v) is 6.87. The van der Waals surface area contributed by atoms with Crippen LogP contribution in [0.2, 0.25) is 0 Å². The zero-order chi connectivity index (χ0) is 26.0. The van der Waals surface area contributed by atoms with Crippen LogP contribution in [0.1, 0.15) is 84.6 Å². The van der Waals surface area contributed by atoms with Crippen molar-refractivity contribution < 1.29 is 23.7 Å². The van der Waals surface area contributed by atoms with E-state index in [1.165, 1.54) is 5.56 Å². The molecule has 6 nitrogen and oxygen atoms in total. The average Bonchev–Trinajstić information content (AvgIpc) is 2.89. The standard InChI is InChI=1S/C30H53NO5/c1-6-10-18-33-24-27-29(35-20-12-8-3)30(36-21-13-9-4)28(34-19-11-7-2)23-31(27)22-25-14-16-26(32-5)17-15-25/h14-17,27-30H,6-13,18-24H2,1-5H3. The first-order valence-corrected chi connectivity index (χ1v) is 14.5. The highest BCUT2D eigenvalue weighted by Crippen LogP contribution is 2.29. The first-order valence-electron chi connectivity index (χ1n) is 14.5. The summed E-state index contributed by atoms with van der Waals surface area (Å²) in [6, 6.07) is 8.48. The van der Waals surface area contributed by atoms with Crippen LogP contribution in [0.25, 0.3) is 0 Å². The molecule has 0 radical (unpaired) electrons. The highest BCUT2D eigenvalue weighted by Gasteiger charge is 2.45. The van der Waals surface area contributed by atoms with Gasteiger partial charge in [-0.15, -0.1) is 0 Å². The van der Waals surface area contributed by atoms with Gasteiger partial charge in [0.1, 0.15) is 18.0 Å². The van der Waals surface area contributed by atoms with Gasteiger partial charge in [-0.2, -0.15) is 0 Å². The average molecular weight is 508 g/mol. The third kappa shape index (κ3) is 10.7. The highest BCUT2D eigenvalue weighted by atomic mass is 16.6. The predicted molar refractivity (Wildman–Crippen MR) is 147 cm³/mol. The smallest absolute Gasteiger partial charge is 0.118 e. The molecule has 1 aliphatic heterocycles. The number of unbranched alkanes of at least 4 members (excludes halogenated alkanes) is 4. The van der Waals surface area contributed by atoms with E-state index in [2.05, 4.69) is 44.7 Å². The Balaban J connectivity index is 2.30.